The number of carbonyl (C=O) groups is 2. The molecule has 1 heterocycles. The zero-order valence-electron chi connectivity index (χ0n) is 23.1. The first kappa shape index (κ1) is 32.6. The summed E-state index contributed by atoms with van der Waals surface area (Å²) in [7, 11) is 0. The Labute approximate surface area is 280 Å². The third-order valence-corrected chi connectivity index (χ3v) is 7.93. The second kappa shape index (κ2) is 15.4. The predicted octanol–water partition coefficient (Wildman–Crippen LogP) is 5.50. The Balaban J connectivity index is 1.38. The third kappa shape index (κ3) is 8.63. The van der Waals surface area contributed by atoms with Crippen LogP contribution in [0, 0.1) is 13.0 Å². The van der Waals surface area contributed by atoms with Gasteiger partial charge in [0.15, 0.2) is 11.7 Å². The van der Waals surface area contributed by atoms with Gasteiger partial charge in [0.05, 0.1) is 31.6 Å². The lowest BCUT2D eigenvalue weighted by molar-refractivity contribution is -0.139. The average Bonchev–Trinajstić information content (AvgIpc) is 2.96. The summed E-state index contributed by atoms with van der Waals surface area (Å²) in [5.74, 6) is -0.249. The highest BCUT2D eigenvalue weighted by molar-refractivity contribution is 14.1. The minimum Gasteiger partial charge on any atom is -0.487 e. The largest absolute Gasteiger partial charge is 0.487 e. The average molecular weight is 828 g/mol. The number of carbonyl (C=O) groups excluding carboxylic acids is 2. The summed E-state index contributed by atoms with van der Waals surface area (Å²) in [6, 6.07) is 16.6. The Hall–Kier alpha value is -3.31. The number of hydrogen-bond acceptors (Lipinski definition) is 7. The summed E-state index contributed by atoms with van der Waals surface area (Å²) in [6.07, 6.45) is 1.51. The highest BCUT2D eigenvalue weighted by atomic mass is 127. The number of nitrogens with one attached hydrogen (secondary N) is 3. The Bertz CT molecular complexity index is 1580. The van der Waals surface area contributed by atoms with Crippen molar-refractivity contribution in [3.63, 3.8) is 0 Å². The number of rotatable bonds is 11. The molecule has 0 fully saturated rings. The first-order valence-electron chi connectivity index (χ1n) is 13.0. The van der Waals surface area contributed by atoms with Crippen LogP contribution in [0.15, 0.2) is 77.0 Å². The molecule has 4 rings (SSSR count). The normalized spacial score (nSPS) is 14.6. The van der Waals surface area contributed by atoms with Crippen molar-refractivity contribution in [3.05, 3.63) is 102 Å². The number of hydrazone groups is 1. The third-order valence-electron chi connectivity index (χ3n) is 6.11. The van der Waals surface area contributed by atoms with Gasteiger partial charge in [0.2, 0.25) is 0 Å². The summed E-state index contributed by atoms with van der Waals surface area (Å²) in [4.78, 5) is 25.3. The van der Waals surface area contributed by atoms with Crippen LogP contribution in [0.2, 0.25) is 0 Å². The lowest BCUT2D eigenvalue weighted by Gasteiger charge is -2.30. The van der Waals surface area contributed by atoms with Crippen molar-refractivity contribution >= 4 is 80.6 Å². The highest BCUT2D eigenvalue weighted by Crippen LogP contribution is 2.34. The van der Waals surface area contributed by atoms with Gasteiger partial charge in [0.25, 0.3) is 5.91 Å². The molecule has 224 valence electrons. The molecule has 0 bridgehead atoms. The lowest BCUT2D eigenvalue weighted by Crippen LogP contribution is -2.45. The van der Waals surface area contributed by atoms with E-state index in [4.69, 9.17) is 26.4 Å². The van der Waals surface area contributed by atoms with Gasteiger partial charge >= 0.3 is 5.97 Å². The molecule has 3 aromatic rings. The maximum absolute atomic E-state index is 13.9. The van der Waals surface area contributed by atoms with Crippen LogP contribution in [-0.2, 0) is 20.9 Å². The summed E-state index contributed by atoms with van der Waals surface area (Å²) in [6.45, 7) is 3.48. The Kier molecular flexibility index (Phi) is 11.7. The summed E-state index contributed by atoms with van der Waals surface area (Å²) >= 11 is 9.59. The van der Waals surface area contributed by atoms with E-state index in [9.17, 15) is 14.0 Å². The number of nitrogens with zero attached hydrogens (tertiary/aromatic N) is 1. The van der Waals surface area contributed by atoms with Crippen LogP contribution in [0.4, 0.5) is 4.39 Å². The molecule has 1 amide bonds. The van der Waals surface area contributed by atoms with Gasteiger partial charge in [-0.1, -0.05) is 36.4 Å². The smallest absolute Gasteiger partial charge is 0.338 e. The Morgan fingerprint density at radius 1 is 1.09 bits per heavy atom. The second-order valence-corrected chi connectivity index (χ2v) is 11.8. The van der Waals surface area contributed by atoms with E-state index in [-0.39, 0.29) is 25.6 Å². The SMILES string of the molecule is CCOC(=O)C1=C(C)NC(=S)N[C@@H]1c1ccccc1OCC(=O)NN=Cc1cc(I)c(OCc2ccccc2F)c(I)c1. The van der Waals surface area contributed by atoms with E-state index in [1.54, 1.807) is 56.3 Å². The number of benzene rings is 3. The predicted molar refractivity (Wildman–Crippen MR) is 181 cm³/mol. The van der Waals surface area contributed by atoms with Gasteiger partial charge in [-0.25, -0.2) is 14.6 Å². The molecule has 0 radical (unpaired) electrons. The Morgan fingerprint density at radius 2 is 1.79 bits per heavy atom. The first-order valence-corrected chi connectivity index (χ1v) is 15.6. The Morgan fingerprint density at radius 3 is 2.51 bits per heavy atom. The number of amides is 1. The summed E-state index contributed by atoms with van der Waals surface area (Å²) < 4.78 is 32.5. The van der Waals surface area contributed by atoms with E-state index < -0.39 is 17.9 Å². The molecule has 0 saturated heterocycles. The monoisotopic (exact) mass is 828 g/mol. The number of allylic oxidation sites excluding steroid dienone is 1. The maximum atomic E-state index is 13.9. The molecule has 0 aromatic heterocycles. The fraction of sp³-hybridized carbons (Fsp3) is 0.200. The van der Waals surface area contributed by atoms with Crippen LogP contribution >= 0.6 is 57.4 Å². The van der Waals surface area contributed by atoms with Crippen molar-refractivity contribution in [2.24, 2.45) is 5.10 Å². The van der Waals surface area contributed by atoms with Crippen LogP contribution in [0.1, 0.15) is 36.6 Å². The van der Waals surface area contributed by atoms with Gasteiger partial charge in [0, 0.05) is 16.8 Å². The number of ether oxygens (including phenoxy) is 3. The van der Waals surface area contributed by atoms with Crippen LogP contribution in [0.5, 0.6) is 11.5 Å². The molecule has 1 aliphatic heterocycles. The highest BCUT2D eigenvalue weighted by Gasteiger charge is 2.32. The van der Waals surface area contributed by atoms with Crippen LogP contribution in [0.3, 0.4) is 0 Å². The molecule has 1 aliphatic rings. The molecule has 0 unspecified atom stereocenters. The van der Waals surface area contributed by atoms with Gasteiger partial charge < -0.3 is 24.8 Å². The minimum absolute atomic E-state index is 0.103. The maximum Gasteiger partial charge on any atom is 0.338 e. The standard InChI is InChI=1S/C30H27FI2N4O5S/c1-3-40-29(39)26-17(2)35-30(43)36-27(26)20-9-5-7-11-24(20)41-16-25(38)37-34-14-18-12-22(32)28(23(33)13-18)42-15-19-8-4-6-10-21(19)31/h4-14,27H,3,15-16H2,1-2H3,(H,37,38)(H2,35,36,43)/t27-/m1/s1. The molecule has 3 aromatic carbocycles. The number of thiocarbonyl (C=S) groups is 1. The molecule has 43 heavy (non-hydrogen) atoms. The second-order valence-electron chi connectivity index (χ2n) is 9.10. The zero-order valence-corrected chi connectivity index (χ0v) is 28.2. The van der Waals surface area contributed by atoms with Crippen molar-refractivity contribution in [1.29, 1.82) is 0 Å². The van der Waals surface area contributed by atoms with Gasteiger partial charge in [0.1, 0.15) is 23.9 Å². The molecule has 13 heteroatoms. The number of hydrogen-bond donors (Lipinski definition) is 3. The number of esters is 1. The first-order chi connectivity index (χ1) is 20.7. The van der Waals surface area contributed by atoms with E-state index in [1.807, 2.05) is 12.1 Å². The molecule has 0 saturated carbocycles. The topological polar surface area (TPSA) is 110 Å². The van der Waals surface area contributed by atoms with Gasteiger partial charge in [-0.3, -0.25) is 4.79 Å². The fourth-order valence-electron chi connectivity index (χ4n) is 4.17. The lowest BCUT2D eigenvalue weighted by atomic mass is 9.95. The molecule has 3 N–H and O–H groups in total. The van der Waals surface area contributed by atoms with Crippen molar-refractivity contribution < 1.29 is 28.2 Å². The van der Waals surface area contributed by atoms with E-state index in [1.165, 1.54) is 12.3 Å². The minimum atomic E-state index is -0.631. The van der Waals surface area contributed by atoms with Gasteiger partial charge in [-0.15, -0.1) is 0 Å². The molecular formula is C30H27FI2N4O5S. The fourth-order valence-corrected chi connectivity index (χ4v) is 6.57. The van der Waals surface area contributed by atoms with Crippen molar-refractivity contribution in [1.82, 2.24) is 16.1 Å². The number of para-hydroxylation sites is 1. The van der Waals surface area contributed by atoms with Crippen molar-refractivity contribution in [3.8, 4) is 11.5 Å². The molecule has 1 atom stereocenters. The van der Waals surface area contributed by atoms with Crippen molar-refractivity contribution in [2.75, 3.05) is 13.2 Å². The molecule has 9 nitrogen and oxygen atoms in total. The van der Waals surface area contributed by atoms with Crippen molar-refractivity contribution in [2.45, 2.75) is 26.5 Å². The number of halogens is 3. The molecule has 0 spiro atoms. The van der Waals surface area contributed by atoms with E-state index in [2.05, 4.69) is 66.3 Å². The summed E-state index contributed by atoms with van der Waals surface area (Å²) in [5, 5.41) is 10.5. The van der Waals surface area contributed by atoms with E-state index >= 15 is 0 Å². The molecule has 0 aliphatic carbocycles. The molecular weight excluding hydrogens is 801 g/mol. The van der Waals surface area contributed by atoms with Gasteiger partial charge in [-0.05, 0) is 101 Å². The van der Waals surface area contributed by atoms with Crippen LogP contribution in [0.25, 0.3) is 0 Å². The van der Waals surface area contributed by atoms with E-state index in [0.717, 1.165) is 12.7 Å². The van der Waals surface area contributed by atoms with Crippen LogP contribution in [-0.4, -0.2) is 36.4 Å². The van der Waals surface area contributed by atoms with E-state index in [0.29, 0.717) is 39.0 Å². The summed E-state index contributed by atoms with van der Waals surface area (Å²) in [5.41, 5.74) is 5.22. The zero-order chi connectivity index (χ0) is 30.9. The van der Waals surface area contributed by atoms with Gasteiger partial charge in [-0.2, -0.15) is 5.10 Å². The van der Waals surface area contributed by atoms with Crippen LogP contribution < -0.4 is 25.5 Å². The quantitative estimate of drug-likeness (QED) is 0.0766.